The van der Waals surface area contributed by atoms with Gasteiger partial charge in [0, 0.05) is 0 Å². The van der Waals surface area contributed by atoms with Gasteiger partial charge in [-0.25, -0.2) is 9.59 Å². The highest BCUT2D eigenvalue weighted by Crippen LogP contribution is 2.19. The van der Waals surface area contributed by atoms with E-state index in [-0.39, 0.29) is 12.4 Å². The fraction of sp³-hybridized carbons (Fsp3) is 0.154. The first-order valence-electron chi connectivity index (χ1n) is 5.95. The van der Waals surface area contributed by atoms with E-state index in [1.54, 1.807) is 23.6 Å². The van der Waals surface area contributed by atoms with Crippen molar-refractivity contribution in [3.8, 4) is 11.7 Å². The molecule has 0 amide bonds. The van der Waals surface area contributed by atoms with Crippen molar-refractivity contribution in [1.29, 1.82) is 0 Å². The van der Waals surface area contributed by atoms with Gasteiger partial charge in [-0.15, -0.1) is 16.4 Å². The minimum atomic E-state index is -0.622. The van der Waals surface area contributed by atoms with Crippen molar-refractivity contribution in [2.45, 2.75) is 6.54 Å². The molecule has 7 nitrogen and oxygen atoms in total. The first-order chi connectivity index (χ1) is 10.2. The number of aromatic nitrogens is 2. The van der Waals surface area contributed by atoms with E-state index in [4.69, 9.17) is 13.6 Å². The van der Waals surface area contributed by atoms with Crippen LogP contribution in [-0.4, -0.2) is 22.9 Å². The molecule has 0 saturated carbocycles. The Kier molecular flexibility index (Phi) is 3.44. The Bertz CT molecular complexity index is 812. The Morgan fingerprint density at radius 3 is 3.05 bits per heavy atom. The highest BCUT2D eigenvalue weighted by atomic mass is 32.1. The number of rotatable bonds is 4. The van der Waals surface area contributed by atoms with Crippen molar-refractivity contribution in [3.05, 3.63) is 50.8 Å². The van der Waals surface area contributed by atoms with Gasteiger partial charge in [-0.05, 0) is 29.1 Å². The van der Waals surface area contributed by atoms with Crippen LogP contribution in [0, 0.1) is 0 Å². The molecule has 0 spiro atoms. The average Bonchev–Trinajstić information content (AvgIpc) is 3.20. The maximum atomic E-state index is 11.8. The summed E-state index contributed by atoms with van der Waals surface area (Å²) in [6.07, 6.45) is 1.46. The first-order valence-corrected chi connectivity index (χ1v) is 6.83. The lowest BCUT2D eigenvalue weighted by atomic mass is 10.2. The minimum absolute atomic E-state index is 0.0971. The quantitative estimate of drug-likeness (QED) is 0.685. The summed E-state index contributed by atoms with van der Waals surface area (Å²) in [6.45, 7) is 0.122. The van der Waals surface area contributed by atoms with Crippen LogP contribution in [0.25, 0.3) is 11.7 Å². The molecule has 0 radical (unpaired) electrons. The summed E-state index contributed by atoms with van der Waals surface area (Å²) < 4.78 is 16.0. The van der Waals surface area contributed by atoms with Crippen LogP contribution in [0.15, 0.2) is 43.5 Å². The van der Waals surface area contributed by atoms with Crippen LogP contribution >= 0.6 is 11.3 Å². The number of furan rings is 1. The molecule has 0 atom stereocenters. The molecule has 108 valence electrons. The van der Waals surface area contributed by atoms with Crippen LogP contribution in [0.2, 0.25) is 0 Å². The number of methoxy groups -OCH3 is 1. The van der Waals surface area contributed by atoms with E-state index in [1.807, 2.05) is 0 Å². The lowest BCUT2D eigenvalue weighted by molar-refractivity contribution is 0.0605. The van der Waals surface area contributed by atoms with Crippen LogP contribution in [0.1, 0.15) is 15.2 Å². The molecule has 0 aliphatic rings. The van der Waals surface area contributed by atoms with Gasteiger partial charge in [-0.3, -0.25) is 0 Å². The number of thiophene rings is 1. The molecule has 0 aliphatic carbocycles. The third-order valence-corrected chi connectivity index (χ3v) is 3.71. The van der Waals surface area contributed by atoms with Crippen molar-refractivity contribution < 1.29 is 18.4 Å². The van der Waals surface area contributed by atoms with Gasteiger partial charge in [-0.1, -0.05) is 0 Å². The molecule has 8 heteroatoms. The van der Waals surface area contributed by atoms with Gasteiger partial charge in [0.1, 0.15) is 4.88 Å². The molecule has 3 aromatic heterocycles. The molecule has 3 heterocycles. The highest BCUT2D eigenvalue weighted by Gasteiger charge is 2.17. The molecule has 0 saturated heterocycles. The normalized spacial score (nSPS) is 10.7. The predicted octanol–water partition coefficient (Wildman–Crippen LogP) is 1.99. The Balaban J connectivity index is 1.91. The van der Waals surface area contributed by atoms with Gasteiger partial charge in [0.2, 0.25) is 0 Å². The second kappa shape index (κ2) is 5.41. The SMILES string of the molecule is COC(=O)c1sccc1Cn1nc(-c2ccco2)oc1=O. The summed E-state index contributed by atoms with van der Waals surface area (Å²) in [4.78, 5) is 23.8. The van der Waals surface area contributed by atoms with E-state index >= 15 is 0 Å². The lowest BCUT2D eigenvalue weighted by Gasteiger charge is -2.00. The summed E-state index contributed by atoms with van der Waals surface area (Å²) >= 11 is 1.25. The van der Waals surface area contributed by atoms with Crippen molar-refractivity contribution >= 4 is 17.3 Å². The smallest absolute Gasteiger partial charge is 0.437 e. The number of carbonyl (C=O) groups is 1. The van der Waals surface area contributed by atoms with Crippen LogP contribution in [0.3, 0.4) is 0 Å². The van der Waals surface area contributed by atoms with E-state index in [9.17, 15) is 9.59 Å². The van der Waals surface area contributed by atoms with E-state index in [1.165, 1.54) is 24.7 Å². The van der Waals surface area contributed by atoms with Gasteiger partial charge >= 0.3 is 11.7 Å². The van der Waals surface area contributed by atoms with Crippen LogP contribution in [0.4, 0.5) is 0 Å². The fourth-order valence-corrected chi connectivity index (χ4v) is 2.63. The Hall–Kier alpha value is -2.61. The largest absolute Gasteiger partial charge is 0.465 e. The monoisotopic (exact) mass is 306 g/mol. The highest BCUT2D eigenvalue weighted by molar-refractivity contribution is 7.12. The summed E-state index contributed by atoms with van der Waals surface area (Å²) in [5.74, 6) is -0.601. The summed E-state index contributed by atoms with van der Waals surface area (Å²) in [7, 11) is 1.31. The molecule has 21 heavy (non-hydrogen) atoms. The zero-order valence-corrected chi connectivity index (χ0v) is 11.8. The molecule has 0 fully saturated rings. The van der Waals surface area contributed by atoms with Crippen molar-refractivity contribution in [2.24, 2.45) is 0 Å². The number of ether oxygens (including phenoxy) is 1. The van der Waals surface area contributed by atoms with Gasteiger partial charge in [0.15, 0.2) is 5.76 Å². The van der Waals surface area contributed by atoms with Gasteiger partial charge in [0.25, 0.3) is 5.89 Å². The molecule has 3 aromatic rings. The first kappa shape index (κ1) is 13.4. The maximum Gasteiger partial charge on any atom is 0.437 e. The van der Waals surface area contributed by atoms with E-state index in [0.717, 1.165) is 4.68 Å². The second-order valence-corrected chi connectivity index (χ2v) is 4.99. The number of nitrogens with zero attached hydrogens (tertiary/aromatic N) is 2. The van der Waals surface area contributed by atoms with Gasteiger partial charge in [-0.2, -0.15) is 4.68 Å². The number of hydrogen-bond acceptors (Lipinski definition) is 7. The van der Waals surface area contributed by atoms with E-state index < -0.39 is 11.7 Å². The number of hydrogen-bond donors (Lipinski definition) is 0. The lowest BCUT2D eigenvalue weighted by Crippen LogP contribution is -2.17. The van der Waals surface area contributed by atoms with Crippen molar-refractivity contribution in [1.82, 2.24) is 9.78 Å². The summed E-state index contributed by atoms with van der Waals surface area (Å²) in [6, 6.07) is 5.05. The molecular weight excluding hydrogens is 296 g/mol. The maximum absolute atomic E-state index is 11.8. The Morgan fingerprint density at radius 2 is 2.33 bits per heavy atom. The summed E-state index contributed by atoms with van der Waals surface area (Å²) in [5, 5.41) is 5.80. The molecule has 3 rings (SSSR count). The minimum Gasteiger partial charge on any atom is -0.465 e. The van der Waals surface area contributed by atoms with Gasteiger partial charge in [0.05, 0.1) is 19.9 Å². The average molecular weight is 306 g/mol. The van der Waals surface area contributed by atoms with Crippen LogP contribution in [-0.2, 0) is 11.3 Å². The molecule has 0 bridgehead atoms. The standard InChI is InChI=1S/C13H10N2O5S/c1-18-12(16)10-8(4-6-21-10)7-15-13(17)20-11(14-15)9-3-2-5-19-9/h2-6H,7H2,1H3. The third kappa shape index (κ3) is 2.52. The zero-order chi connectivity index (χ0) is 14.8. The molecule has 0 N–H and O–H groups in total. The van der Waals surface area contributed by atoms with E-state index in [2.05, 4.69) is 5.10 Å². The van der Waals surface area contributed by atoms with Gasteiger partial charge < -0.3 is 13.6 Å². The third-order valence-electron chi connectivity index (χ3n) is 2.78. The topological polar surface area (TPSA) is 87.5 Å². The molecule has 0 aromatic carbocycles. The number of carbonyl (C=O) groups excluding carboxylic acids is 1. The van der Waals surface area contributed by atoms with Crippen LogP contribution < -0.4 is 5.76 Å². The van der Waals surface area contributed by atoms with E-state index in [0.29, 0.717) is 16.2 Å². The van der Waals surface area contributed by atoms with Crippen molar-refractivity contribution in [2.75, 3.05) is 7.11 Å². The molecule has 0 unspecified atom stereocenters. The fourth-order valence-electron chi connectivity index (χ4n) is 1.80. The summed E-state index contributed by atoms with van der Waals surface area (Å²) in [5.41, 5.74) is 0.647. The zero-order valence-electron chi connectivity index (χ0n) is 10.9. The van der Waals surface area contributed by atoms with Crippen LogP contribution in [0.5, 0.6) is 0 Å². The Morgan fingerprint density at radius 1 is 1.48 bits per heavy atom. The molecular formula is C13H10N2O5S. The number of esters is 1. The Labute approximate surface area is 122 Å². The molecule has 0 aliphatic heterocycles. The second-order valence-electron chi connectivity index (χ2n) is 4.07. The predicted molar refractivity (Wildman–Crippen MR) is 73.2 cm³/mol. The van der Waals surface area contributed by atoms with Crippen molar-refractivity contribution in [3.63, 3.8) is 0 Å².